The summed E-state index contributed by atoms with van der Waals surface area (Å²) in [5.41, 5.74) is 0.0220. The Bertz CT molecular complexity index is 2090. The molecule has 1 aromatic heterocycles. The number of benzene rings is 4. The average Bonchev–Trinajstić information content (AvgIpc) is 3.53. The van der Waals surface area contributed by atoms with Crippen molar-refractivity contribution < 1.29 is 32.3 Å². The van der Waals surface area contributed by atoms with Gasteiger partial charge in [0, 0.05) is 21.9 Å². The first-order valence-corrected chi connectivity index (χ1v) is 15.7. The lowest BCUT2D eigenvalue weighted by molar-refractivity contribution is -0.137. The maximum atomic E-state index is 13.9. The quantitative estimate of drug-likeness (QED) is 0.203. The van der Waals surface area contributed by atoms with Crippen molar-refractivity contribution in [2.45, 2.75) is 22.4 Å². The number of thioether (sulfide) groups is 1. The number of carbonyl (C=O) groups excluding carboxylic acids is 3. The summed E-state index contributed by atoms with van der Waals surface area (Å²) in [5.74, 6) is -3.19. The Morgan fingerprint density at radius 3 is 2.50 bits per heavy atom. The Kier molecular flexibility index (Phi) is 7.44. The van der Waals surface area contributed by atoms with Gasteiger partial charge in [-0.25, -0.2) is 4.90 Å². The van der Waals surface area contributed by atoms with E-state index in [1.54, 1.807) is 30.3 Å². The largest absolute Gasteiger partial charge is 0.484 e. The van der Waals surface area contributed by atoms with E-state index in [0.717, 1.165) is 57.0 Å². The van der Waals surface area contributed by atoms with Crippen LogP contribution in [0.15, 0.2) is 101 Å². The lowest BCUT2D eigenvalue weighted by Gasteiger charge is -2.30. The van der Waals surface area contributed by atoms with Crippen LogP contribution in [0.3, 0.4) is 0 Å². The van der Waals surface area contributed by atoms with Gasteiger partial charge in [-0.1, -0.05) is 77.7 Å². The van der Waals surface area contributed by atoms with Gasteiger partial charge in [0.15, 0.2) is 6.61 Å². The van der Waals surface area contributed by atoms with Gasteiger partial charge in [-0.2, -0.15) is 13.2 Å². The van der Waals surface area contributed by atoms with Crippen molar-refractivity contribution in [3.8, 4) is 5.75 Å². The minimum atomic E-state index is -4.66. The number of thiazole rings is 1. The molecule has 2 unspecified atom stereocenters. The normalized spacial score (nSPS) is 19.2. The number of aromatic amines is 1. The van der Waals surface area contributed by atoms with E-state index >= 15 is 0 Å². The minimum absolute atomic E-state index is 0.176. The van der Waals surface area contributed by atoms with Gasteiger partial charge in [-0.05, 0) is 47.3 Å². The molecule has 5 aromatic rings. The fourth-order valence-electron chi connectivity index (χ4n) is 5.92. The molecule has 232 valence electrons. The van der Waals surface area contributed by atoms with E-state index in [-0.39, 0.29) is 17.2 Å². The Morgan fingerprint density at radius 2 is 1.67 bits per heavy atom. The smallest absolute Gasteiger partial charge is 0.416 e. The number of anilines is 2. The molecule has 1 fully saturated rings. The molecule has 46 heavy (non-hydrogen) atoms. The van der Waals surface area contributed by atoms with Crippen molar-refractivity contribution in [1.29, 1.82) is 0 Å². The molecular formula is C33H22F3N3O5S2. The molecule has 3 heterocycles. The summed E-state index contributed by atoms with van der Waals surface area (Å²) in [6, 6.07) is 24.0. The summed E-state index contributed by atoms with van der Waals surface area (Å²) in [7, 11) is 0. The topological polar surface area (TPSA) is 109 Å². The molecule has 8 nitrogen and oxygen atoms in total. The van der Waals surface area contributed by atoms with Crippen LogP contribution in [0.4, 0.5) is 24.5 Å². The lowest BCUT2D eigenvalue weighted by atomic mass is 9.83. The molecule has 7 rings (SSSR count). The minimum Gasteiger partial charge on any atom is -0.484 e. The maximum Gasteiger partial charge on any atom is 0.416 e. The highest BCUT2D eigenvalue weighted by Gasteiger charge is 2.56. The van der Waals surface area contributed by atoms with Crippen LogP contribution in [0.25, 0.3) is 10.8 Å². The molecule has 3 atom stereocenters. The summed E-state index contributed by atoms with van der Waals surface area (Å²) >= 11 is 1.93. The van der Waals surface area contributed by atoms with E-state index < -0.39 is 46.5 Å². The third-order valence-corrected chi connectivity index (χ3v) is 10.3. The predicted molar refractivity (Wildman–Crippen MR) is 168 cm³/mol. The van der Waals surface area contributed by atoms with Crippen molar-refractivity contribution >= 4 is 63.0 Å². The molecule has 13 heteroatoms. The van der Waals surface area contributed by atoms with Gasteiger partial charge < -0.3 is 15.0 Å². The molecular weight excluding hydrogens is 640 g/mol. The van der Waals surface area contributed by atoms with Crippen LogP contribution < -0.4 is 19.8 Å². The van der Waals surface area contributed by atoms with Crippen LogP contribution >= 0.6 is 23.1 Å². The molecule has 4 aromatic carbocycles. The summed E-state index contributed by atoms with van der Waals surface area (Å²) in [5, 5.41) is 4.15. The van der Waals surface area contributed by atoms with Gasteiger partial charge in [-0.15, -0.1) is 0 Å². The second-order valence-electron chi connectivity index (χ2n) is 10.7. The number of H-pyrrole nitrogens is 1. The van der Waals surface area contributed by atoms with Gasteiger partial charge in [0.1, 0.15) is 11.0 Å². The Balaban J connectivity index is 1.17. The lowest BCUT2D eigenvalue weighted by Crippen LogP contribution is -2.32. The molecule has 0 bridgehead atoms. The molecule has 2 N–H and O–H groups in total. The molecule has 0 saturated carbocycles. The highest BCUT2D eigenvalue weighted by atomic mass is 32.2. The van der Waals surface area contributed by atoms with E-state index in [4.69, 9.17) is 4.74 Å². The molecule has 2 aliphatic rings. The molecule has 2 aliphatic heterocycles. The number of carbonyl (C=O) groups is 3. The maximum absolute atomic E-state index is 13.9. The molecule has 3 amide bonds. The van der Waals surface area contributed by atoms with Crippen molar-refractivity contribution in [2.24, 2.45) is 5.92 Å². The summed E-state index contributed by atoms with van der Waals surface area (Å²) in [4.78, 5) is 56.5. The van der Waals surface area contributed by atoms with Gasteiger partial charge in [-0.3, -0.25) is 19.2 Å². The number of alkyl halides is 3. The Morgan fingerprint density at radius 1 is 0.913 bits per heavy atom. The highest BCUT2D eigenvalue weighted by molar-refractivity contribution is 8.00. The Labute approximate surface area is 267 Å². The number of nitrogens with one attached hydrogen (secondary N) is 2. The number of nitrogens with zero attached hydrogens (tertiary/aromatic N) is 1. The Hall–Kier alpha value is -4.88. The van der Waals surface area contributed by atoms with E-state index in [1.807, 2.05) is 36.4 Å². The van der Waals surface area contributed by atoms with Crippen LogP contribution in [-0.2, 0) is 20.6 Å². The van der Waals surface area contributed by atoms with Crippen LogP contribution in [0, 0.1) is 5.92 Å². The zero-order valence-electron chi connectivity index (χ0n) is 23.5. The number of aromatic nitrogens is 1. The van der Waals surface area contributed by atoms with Crippen LogP contribution in [0.2, 0.25) is 0 Å². The predicted octanol–water partition coefficient (Wildman–Crippen LogP) is 6.42. The molecule has 0 aliphatic carbocycles. The third kappa shape index (κ3) is 5.35. The van der Waals surface area contributed by atoms with Crippen molar-refractivity contribution in [1.82, 2.24) is 4.98 Å². The standard InChI is InChI=1S/C33H22F3N3O5S2/c34-33(35,36)19-9-5-10-20(15-19)39-30(41)26-25(27-29(38-32(43)46-27)45-28(26)31(39)42)18-8-3-11-21(14-18)44-16-24(40)37-23-13-4-7-17-6-1-2-12-22(17)23/h1-15,25-26,28H,16H2,(H,37,40)(H,38,43)/t25-,26?,28?/m1/s1. The van der Waals surface area contributed by atoms with Crippen molar-refractivity contribution in [3.63, 3.8) is 0 Å². The first-order chi connectivity index (χ1) is 22.1. The van der Waals surface area contributed by atoms with E-state index in [0.29, 0.717) is 26.9 Å². The number of halogens is 3. The fourth-order valence-corrected chi connectivity index (χ4v) is 8.43. The van der Waals surface area contributed by atoms with Crippen LogP contribution in [0.1, 0.15) is 21.9 Å². The number of rotatable bonds is 6. The molecule has 0 spiro atoms. The number of ether oxygens (including phenoxy) is 1. The second-order valence-corrected chi connectivity index (χ2v) is 12.9. The van der Waals surface area contributed by atoms with E-state index in [1.165, 1.54) is 6.07 Å². The van der Waals surface area contributed by atoms with Gasteiger partial charge in [0.05, 0.1) is 22.2 Å². The summed E-state index contributed by atoms with van der Waals surface area (Å²) < 4.78 is 46.2. The zero-order valence-corrected chi connectivity index (χ0v) is 25.2. The summed E-state index contributed by atoms with van der Waals surface area (Å²) in [6.45, 7) is -0.317. The third-order valence-electron chi connectivity index (χ3n) is 7.91. The number of hydrogen-bond donors (Lipinski definition) is 2. The number of hydrogen-bond acceptors (Lipinski definition) is 7. The number of imide groups is 1. The highest BCUT2D eigenvalue weighted by Crippen LogP contribution is 2.53. The SMILES string of the molecule is O=C(COc1cccc([C@H]2c3sc(=O)[nH]c3SC3C(=O)N(c4cccc(C(F)(F)F)c4)C(=O)C32)c1)Nc1cccc2ccccc12. The molecule has 1 saturated heterocycles. The van der Waals surface area contributed by atoms with E-state index in [9.17, 15) is 32.3 Å². The number of amides is 3. The summed E-state index contributed by atoms with van der Waals surface area (Å²) in [6.07, 6.45) is -4.66. The first kappa shape index (κ1) is 29.8. The van der Waals surface area contributed by atoms with Crippen LogP contribution in [-0.4, -0.2) is 34.6 Å². The van der Waals surface area contributed by atoms with E-state index in [2.05, 4.69) is 10.3 Å². The fraction of sp³-hybridized carbons (Fsp3) is 0.152. The number of fused-ring (bicyclic) bond motifs is 3. The average molecular weight is 662 g/mol. The van der Waals surface area contributed by atoms with Gasteiger partial charge >= 0.3 is 11.0 Å². The van der Waals surface area contributed by atoms with Crippen molar-refractivity contribution in [3.05, 3.63) is 117 Å². The first-order valence-electron chi connectivity index (χ1n) is 14.0. The van der Waals surface area contributed by atoms with Gasteiger partial charge in [0.25, 0.3) is 5.91 Å². The van der Waals surface area contributed by atoms with Crippen molar-refractivity contribution in [2.75, 3.05) is 16.8 Å². The van der Waals surface area contributed by atoms with Crippen LogP contribution in [0.5, 0.6) is 5.75 Å². The molecule has 0 radical (unpaired) electrons. The van der Waals surface area contributed by atoms with Gasteiger partial charge in [0.2, 0.25) is 11.8 Å². The second kappa shape index (κ2) is 11.5. The zero-order chi connectivity index (χ0) is 32.2. The monoisotopic (exact) mass is 661 g/mol.